The number of benzene rings is 2. The number of rotatable bonds is 6. The van der Waals surface area contributed by atoms with Gasteiger partial charge in [0, 0.05) is 11.1 Å². The molecule has 1 unspecified atom stereocenters. The van der Waals surface area contributed by atoms with Crippen molar-refractivity contribution in [1.29, 1.82) is 0 Å². The van der Waals surface area contributed by atoms with Crippen LogP contribution in [0.2, 0.25) is 0 Å². The lowest BCUT2D eigenvalue weighted by Crippen LogP contribution is -2.27. The lowest BCUT2D eigenvalue weighted by Gasteiger charge is -2.23. The molecule has 1 aromatic heterocycles. The molecule has 31 heavy (non-hydrogen) atoms. The fourth-order valence-corrected chi connectivity index (χ4v) is 4.61. The van der Waals surface area contributed by atoms with Crippen LogP contribution >= 0.6 is 11.3 Å². The minimum Gasteiger partial charge on any atom is -0.301 e. The summed E-state index contributed by atoms with van der Waals surface area (Å²) in [5.41, 5.74) is 1.93. The minimum atomic E-state index is -0.381. The van der Waals surface area contributed by atoms with Crippen LogP contribution < -0.4 is 5.32 Å². The van der Waals surface area contributed by atoms with Gasteiger partial charge in [-0.25, -0.2) is 4.98 Å². The van der Waals surface area contributed by atoms with Gasteiger partial charge in [0.25, 0.3) is 0 Å². The number of nitrogens with zero attached hydrogens (tertiary/aromatic N) is 2. The molecule has 0 aliphatic heterocycles. The number of amides is 1. The number of nitrogens with one attached hydrogen (secondary N) is 1. The second kappa shape index (κ2) is 11.8. The topological polar surface area (TPSA) is 45.2 Å². The second-order valence-corrected chi connectivity index (χ2v) is 8.31. The van der Waals surface area contributed by atoms with Crippen molar-refractivity contribution in [1.82, 2.24) is 9.88 Å². The molecule has 3 aromatic rings. The number of thiazole rings is 1. The van der Waals surface area contributed by atoms with Gasteiger partial charge in [0.05, 0.1) is 11.5 Å². The van der Waals surface area contributed by atoms with E-state index in [4.69, 9.17) is 0 Å². The third-order valence-electron chi connectivity index (χ3n) is 5.16. The third kappa shape index (κ3) is 5.81. The highest BCUT2D eigenvalue weighted by atomic mass is 32.1. The first-order valence-electron chi connectivity index (χ1n) is 11.1. The highest BCUT2D eigenvalue weighted by Crippen LogP contribution is 2.49. The van der Waals surface area contributed by atoms with Crippen LogP contribution in [-0.4, -0.2) is 29.9 Å². The monoisotopic (exact) mass is 437 g/mol. The Balaban J connectivity index is 0.000000807. The summed E-state index contributed by atoms with van der Waals surface area (Å²) in [5.74, 6) is 0.0516. The van der Waals surface area contributed by atoms with E-state index in [1.807, 2.05) is 82.4 Å². The quantitative estimate of drug-likeness (QED) is 0.478. The molecule has 2 aromatic carbocycles. The van der Waals surface area contributed by atoms with Crippen molar-refractivity contribution >= 4 is 22.4 Å². The normalized spacial score (nSPS) is 14.4. The number of hydrogen-bond acceptors (Lipinski definition) is 4. The summed E-state index contributed by atoms with van der Waals surface area (Å²) in [5, 5.41) is 3.73. The van der Waals surface area contributed by atoms with Gasteiger partial charge in [-0.05, 0) is 38.1 Å². The van der Waals surface area contributed by atoms with Crippen LogP contribution in [0.15, 0.2) is 66.9 Å². The zero-order valence-corrected chi connectivity index (χ0v) is 20.4. The SMILES string of the molecule is CC.CC.CN(C)C(c1ccccc1)c1cnc(NC(=O)C2(c3ccccc3)CC2)s1. The van der Waals surface area contributed by atoms with Gasteiger partial charge >= 0.3 is 0 Å². The van der Waals surface area contributed by atoms with Crippen LogP contribution in [0.5, 0.6) is 0 Å². The number of carbonyl (C=O) groups excluding carboxylic acids is 1. The summed E-state index contributed by atoms with van der Waals surface area (Å²) in [7, 11) is 4.12. The van der Waals surface area contributed by atoms with Crippen molar-refractivity contribution in [3.63, 3.8) is 0 Å². The first-order valence-corrected chi connectivity index (χ1v) is 12.0. The summed E-state index contributed by atoms with van der Waals surface area (Å²) >= 11 is 1.55. The molecular formula is C26H35N3OS. The molecular weight excluding hydrogens is 402 g/mol. The van der Waals surface area contributed by atoms with E-state index in [2.05, 4.69) is 41.4 Å². The van der Waals surface area contributed by atoms with Crippen molar-refractivity contribution in [2.75, 3.05) is 19.4 Å². The molecule has 0 bridgehead atoms. The number of anilines is 1. The molecule has 1 N–H and O–H groups in total. The van der Waals surface area contributed by atoms with Gasteiger partial charge in [-0.15, -0.1) is 0 Å². The summed E-state index contributed by atoms with van der Waals surface area (Å²) in [4.78, 5) is 20.7. The van der Waals surface area contributed by atoms with Gasteiger partial charge in [-0.1, -0.05) is 99.7 Å². The molecule has 5 heteroatoms. The van der Waals surface area contributed by atoms with Gasteiger partial charge < -0.3 is 5.32 Å². The summed E-state index contributed by atoms with van der Waals surface area (Å²) in [6.07, 6.45) is 3.66. The minimum absolute atomic E-state index is 0.0516. The highest BCUT2D eigenvalue weighted by Gasteiger charge is 2.51. The molecule has 4 nitrogen and oxygen atoms in total. The Bertz CT molecular complexity index is 918. The maximum atomic E-state index is 12.9. The molecule has 1 fully saturated rings. The maximum absolute atomic E-state index is 12.9. The molecule has 1 aliphatic rings. The first kappa shape index (κ1) is 24.8. The van der Waals surface area contributed by atoms with Crippen molar-refractivity contribution in [2.45, 2.75) is 52.0 Å². The molecule has 1 amide bonds. The third-order valence-corrected chi connectivity index (χ3v) is 6.12. The molecule has 1 saturated carbocycles. The molecule has 1 heterocycles. The van der Waals surface area contributed by atoms with Gasteiger partial charge in [-0.3, -0.25) is 9.69 Å². The fraction of sp³-hybridized carbons (Fsp3) is 0.385. The predicted molar refractivity (Wildman–Crippen MR) is 133 cm³/mol. The largest absolute Gasteiger partial charge is 0.301 e. The Morgan fingerprint density at radius 1 is 0.968 bits per heavy atom. The van der Waals surface area contributed by atoms with Gasteiger partial charge in [-0.2, -0.15) is 0 Å². The van der Waals surface area contributed by atoms with Crippen LogP contribution in [0.1, 0.15) is 62.6 Å². The van der Waals surface area contributed by atoms with E-state index in [0.717, 1.165) is 23.3 Å². The van der Waals surface area contributed by atoms with Crippen LogP contribution in [-0.2, 0) is 10.2 Å². The fourth-order valence-electron chi connectivity index (χ4n) is 3.57. The van der Waals surface area contributed by atoms with Crippen LogP contribution in [0.3, 0.4) is 0 Å². The van der Waals surface area contributed by atoms with E-state index in [-0.39, 0.29) is 17.4 Å². The Morgan fingerprint density at radius 3 is 2.03 bits per heavy atom. The zero-order valence-electron chi connectivity index (χ0n) is 19.6. The Morgan fingerprint density at radius 2 is 1.52 bits per heavy atom. The maximum Gasteiger partial charge on any atom is 0.236 e. The number of carbonyl (C=O) groups is 1. The van der Waals surface area contributed by atoms with E-state index in [1.54, 1.807) is 11.3 Å². The van der Waals surface area contributed by atoms with Crippen molar-refractivity contribution in [2.24, 2.45) is 0 Å². The van der Waals surface area contributed by atoms with Crippen molar-refractivity contribution in [3.05, 3.63) is 82.9 Å². The highest BCUT2D eigenvalue weighted by molar-refractivity contribution is 7.15. The molecule has 0 saturated heterocycles. The van der Waals surface area contributed by atoms with Crippen LogP contribution in [0.4, 0.5) is 5.13 Å². The average molecular weight is 438 g/mol. The molecule has 0 radical (unpaired) electrons. The van der Waals surface area contributed by atoms with Crippen LogP contribution in [0, 0.1) is 0 Å². The number of hydrogen-bond donors (Lipinski definition) is 1. The van der Waals surface area contributed by atoms with E-state index in [1.165, 1.54) is 5.56 Å². The van der Waals surface area contributed by atoms with Crippen molar-refractivity contribution in [3.8, 4) is 0 Å². The standard InChI is InChI=1S/C22H23N3OS.2C2H6/c1-25(2)19(16-9-5-3-6-10-16)18-15-23-21(27-18)24-20(26)22(13-14-22)17-11-7-4-8-12-17;2*1-2/h3-12,15,19H,13-14H2,1-2H3,(H,23,24,26);2*1-2H3. The molecule has 166 valence electrons. The summed E-state index contributed by atoms with van der Waals surface area (Å²) in [6.45, 7) is 8.00. The zero-order chi connectivity index (χ0) is 22.9. The summed E-state index contributed by atoms with van der Waals surface area (Å²) in [6, 6.07) is 20.5. The van der Waals surface area contributed by atoms with Gasteiger partial charge in [0.1, 0.15) is 0 Å². The van der Waals surface area contributed by atoms with Crippen molar-refractivity contribution < 1.29 is 4.79 Å². The molecule has 1 atom stereocenters. The Kier molecular flexibility index (Phi) is 9.41. The van der Waals surface area contributed by atoms with E-state index in [0.29, 0.717) is 5.13 Å². The van der Waals surface area contributed by atoms with E-state index >= 15 is 0 Å². The lowest BCUT2D eigenvalue weighted by atomic mass is 9.95. The number of aromatic nitrogens is 1. The van der Waals surface area contributed by atoms with E-state index in [9.17, 15) is 4.79 Å². The lowest BCUT2D eigenvalue weighted by molar-refractivity contribution is -0.118. The predicted octanol–water partition coefficient (Wildman–Crippen LogP) is 6.52. The average Bonchev–Trinajstić information content (AvgIpc) is 3.52. The van der Waals surface area contributed by atoms with Gasteiger partial charge in [0.2, 0.25) is 5.91 Å². The first-order chi connectivity index (χ1) is 15.1. The smallest absolute Gasteiger partial charge is 0.236 e. The van der Waals surface area contributed by atoms with Gasteiger partial charge in [0.15, 0.2) is 5.13 Å². The van der Waals surface area contributed by atoms with E-state index < -0.39 is 0 Å². The Hall–Kier alpha value is -2.50. The summed E-state index contributed by atoms with van der Waals surface area (Å²) < 4.78 is 0. The molecule has 1 aliphatic carbocycles. The molecule has 0 spiro atoms. The Labute approximate surface area is 191 Å². The van der Waals surface area contributed by atoms with Crippen LogP contribution in [0.25, 0.3) is 0 Å². The second-order valence-electron chi connectivity index (χ2n) is 7.25. The molecule has 4 rings (SSSR count).